The normalized spacial score (nSPS) is 10.3. The Hall–Kier alpha value is -4.68. The highest BCUT2D eigenvalue weighted by Crippen LogP contribution is 2.24. The van der Waals surface area contributed by atoms with Gasteiger partial charge in [0.25, 0.3) is 17.2 Å². The number of halogens is 1. The number of aromatic amines is 1. The standard InChI is InChI=1S/C23H14ClN5O4/c24-14-5-9-16(10-6-14)27-23-28-19(17(12-25)21(31)29-23)13-3-7-15(8-4-13)26-22(32)20(30)18-2-1-11-33-18/h1-11H,(H,26,32)(H2,27,28,29,31). The Morgan fingerprint density at radius 3 is 2.36 bits per heavy atom. The van der Waals surface area contributed by atoms with Gasteiger partial charge in [0.2, 0.25) is 5.95 Å². The van der Waals surface area contributed by atoms with Crippen molar-refractivity contribution < 1.29 is 14.0 Å². The number of nitriles is 1. The van der Waals surface area contributed by atoms with Gasteiger partial charge in [0.15, 0.2) is 5.76 Å². The number of furan rings is 1. The molecule has 4 rings (SSSR count). The molecule has 3 N–H and O–H groups in total. The maximum atomic E-state index is 12.4. The van der Waals surface area contributed by atoms with Gasteiger partial charge in [0.05, 0.1) is 12.0 Å². The summed E-state index contributed by atoms with van der Waals surface area (Å²) in [6, 6.07) is 17.7. The van der Waals surface area contributed by atoms with Crippen LogP contribution in [-0.4, -0.2) is 21.7 Å². The van der Waals surface area contributed by atoms with Crippen LogP contribution in [0.25, 0.3) is 11.3 Å². The van der Waals surface area contributed by atoms with Crippen molar-refractivity contribution in [1.29, 1.82) is 5.26 Å². The molecule has 0 aliphatic carbocycles. The van der Waals surface area contributed by atoms with E-state index in [4.69, 9.17) is 16.0 Å². The fraction of sp³-hybridized carbons (Fsp3) is 0. The molecule has 0 saturated carbocycles. The van der Waals surface area contributed by atoms with Crippen molar-refractivity contribution in [3.8, 4) is 17.3 Å². The first-order chi connectivity index (χ1) is 15.9. The van der Waals surface area contributed by atoms with E-state index in [-0.39, 0.29) is 23.0 Å². The minimum atomic E-state index is -0.862. The van der Waals surface area contributed by atoms with Gasteiger partial charge in [-0.2, -0.15) is 5.26 Å². The van der Waals surface area contributed by atoms with Crippen LogP contribution < -0.4 is 16.2 Å². The highest BCUT2D eigenvalue weighted by atomic mass is 35.5. The molecule has 0 saturated heterocycles. The molecule has 0 aliphatic heterocycles. The third-order valence-electron chi connectivity index (χ3n) is 4.51. The van der Waals surface area contributed by atoms with Crippen molar-refractivity contribution >= 4 is 40.6 Å². The lowest BCUT2D eigenvalue weighted by molar-refractivity contribution is -0.112. The quantitative estimate of drug-likeness (QED) is 0.291. The summed E-state index contributed by atoms with van der Waals surface area (Å²) in [6.45, 7) is 0. The molecule has 1 amide bonds. The van der Waals surface area contributed by atoms with Crippen molar-refractivity contribution in [2.75, 3.05) is 10.6 Å². The van der Waals surface area contributed by atoms with E-state index in [0.717, 1.165) is 0 Å². The van der Waals surface area contributed by atoms with E-state index in [1.165, 1.54) is 30.5 Å². The van der Waals surface area contributed by atoms with Crippen LogP contribution in [0.4, 0.5) is 17.3 Å². The van der Waals surface area contributed by atoms with Crippen LogP contribution >= 0.6 is 11.6 Å². The largest absolute Gasteiger partial charge is 0.461 e. The molecular formula is C23H14ClN5O4. The number of amides is 1. The monoisotopic (exact) mass is 459 g/mol. The van der Waals surface area contributed by atoms with Crippen molar-refractivity contribution in [3.63, 3.8) is 0 Å². The van der Waals surface area contributed by atoms with Crippen molar-refractivity contribution in [1.82, 2.24) is 9.97 Å². The van der Waals surface area contributed by atoms with Crippen LogP contribution in [0.15, 0.2) is 76.1 Å². The average Bonchev–Trinajstić information content (AvgIpc) is 3.35. The Kier molecular flexibility index (Phi) is 6.02. The maximum Gasteiger partial charge on any atom is 0.300 e. The lowest BCUT2D eigenvalue weighted by Gasteiger charge is -2.10. The molecule has 2 aromatic heterocycles. The van der Waals surface area contributed by atoms with Crippen LogP contribution in [0.3, 0.4) is 0 Å². The molecule has 0 spiro atoms. The van der Waals surface area contributed by atoms with Crippen molar-refractivity contribution in [2.45, 2.75) is 0 Å². The number of anilines is 3. The number of H-pyrrole nitrogens is 1. The molecular weight excluding hydrogens is 446 g/mol. The van der Waals surface area contributed by atoms with Gasteiger partial charge >= 0.3 is 0 Å². The van der Waals surface area contributed by atoms with Crippen LogP contribution in [0.1, 0.15) is 16.1 Å². The molecule has 0 atom stereocenters. The number of hydrogen-bond donors (Lipinski definition) is 3. The molecule has 2 heterocycles. The third-order valence-corrected chi connectivity index (χ3v) is 4.76. The summed E-state index contributed by atoms with van der Waals surface area (Å²) in [6.07, 6.45) is 1.30. The van der Waals surface area contributed by atoms with E-state index in [0.29, 0.717) is 22.0 Å². The zero-order chi connectivity index (χ0) is 23.4. The summed E-state index contributed by atoms with van der Waals surface area (Å²) in [7, 11) is 0. The molecule has 0 fully saturated rings. The molecule has 9 nitrogen and oxygen atoms in total. The van der Waals surface area contributed by atoms with E-state index >= 15 is 0 Å². The van der Waals surface area contributed by atoms with Crippen LogP contribution in [-0.2, 0) is 4.79 Å². The van der Waals surface area contributed by atoms with Crippen LogP contribution in [0, 0.1) is 11.3 Å². The smallest absolute Gasteiger partial charge is 0.300 e. The number of ketones is 1. The summed E-state index contributed by atoms with van der Waals surface area (Å²) in [4.78, 5) is 43.5. The highest BCUT2D eigenvalue weighted by Gasteiger charge is 2.19. The first-order valence-corrected chi connectivity index (χ1v) is 9.89. The zero-order valence-electron chi connectivity index (χ0n) is 16.8. The number of carbonyl (C=O) groups is 2. The molecule has 33 heavy (non-hydrogen) atoms. The Labute approximate surface area is 191 Å². The molecule has 2 aromatic carbocycles. The number of benzene rings is 2. The first-order valence-electron chi connectivity index (χ1n) is 9.51. The second kappa shape index (κ2) is 9.21. The van der Waals surface area contributed by atoms with Gasteiger partial charge in [-0.15, -0.1) is 0 Å². The second-order valence-corrected chi connectivity index (χ2v) is 7.16. The summed E-state index contributed by atoms with van der Waals surface area (Å²) < 4.78 is 4.93. The molecule has 0 unspecified atom stereocenters. The predicted molar refractivity (Wildman–Crippen MR) is 121 cm³/mol. The summed E-state index contributed by atoms with van der Waals surface area (Å²) >= 11 is 5.89. The van der Waals surface area contributed by atoms with E-state index in [1.807, 2.05) is 6.07 Å². The minimum Gasteiger partial charge on any atom is -0.461 e. The lowest BCUT2D eigenvalue weighted by Crippen LogP contribution is -2.22. The third kappa shape index (κ3) is 4.81. The van der Waals surface area contributed by atoms with Gasteiger partial charge in [-0.3, -0.25) is 19.4 Å². The van der Waals surface area contributed by atoms with E-state index in [2.05, 4.69) is 20.6 Å². The van der Waals surface area contributed by atoms with Crippen LogP contribution in [0.2, 0.25) is 5.02 Å². The number of carbonyl (C=O) groups excluding carboxylic acids is 2. The van der Waals surface area contributed by atoms with E-state index in [1.54, 1.807) is 36.4 Å². The number of rotatable bonds is 6. The first kappa shape index (κ1) is 21.5. The van der Waals surface area contributed by atoms with Crippen molar-refractivity contribution in [2.24, 2.45) is 0 Å². The van der Waals surface area contributed by atoms with Gasteiger partial charge in [0.1, 0.15) is 11.6 Å². The SMILES string of the molecule is N#Cc1c(-c2ccc(NC(=O)C(=O)c3ccco3)cc2)nc(Nc2ccc(Cl)cc2)[nH]c1=O. The molecule has 0 aliphatic rings. The summed E-state index contributed by atoms with van der Waals surface area (Å²) in [5.74, 6) is -1.61. The molecule has 10 heteroatoms. The highest BCUT2D eigenvalue weighted by molar-refractivity contribution is 6.45. The van der Waals surface area contributed by atoms with Gasteiger partial charge in [-0.1, -0.05) is 23.7 Å². The van der Waals surface area contributed by atoms with Gasteiger partial charge < -0.3 is 15.1 Å². The van der Waals surface area contributed by atoms with Gasteiger partial charge in [0, 0.05) is 22.0 Å². The second-order valence-electron chi connectivity index (χ2n) is 6.72. The Balaban J connectivity index is 1.58. The fourth-order valence-corrected chi connectivity index (χ4v) is 3.06. The topological polar surface area (TPSA) is 141 Å². The van der Waals surface area contributed by atoms with Crippen molar-refractivity contribution in [3.05, 3.63) is 93.6 Å². The van der Waals surface area contributed by atoms with E-state index in [9.17, 15) is 19.6 Å². The molecule has 0 bridgehead atoms. The maximum absolute atomic E-state index is 12.4. The molecule has 4 aromatic rings. The Bertz CT molecular complexity index is 1420. The van der Waals surface area contributed by atoms with E-state index < -0.39 is 17.2 Å². The summed E-state index contributed by atoms with van der Waals surface area (Å²) in [5, 5.41) is 15.4. The lowest BCUT2D eigenvalue weighted by atomic mass is 10.1. The predicted octanol–water partition coefficient (Wildman–Crippen LogP) is 4.12. The van der Waals surface area contributed by atoms with Crippen LogP contribution in [0.5, 0.6) is 0 Å². The number of aromatic nitrogens is 2. The number of nitrogens with one attached hydrogen (secondary N) is 3. The van der Waals surface area contributed by atoms with Gasteiger partial charge in [-0.05, 0) is 48.5 Å². The number of hydrogen-bond acceptors (Lipinski definition) is 7. The zero-order valence-corrected chi connectivity index (χ0v) is 17.5. The van der Waals surface area contributed by atoms with Gasteiger partial charge in [-0.25, -0.2) is 4.98 Å². The summed E-state index contributed by atoms with van der Waals surface area (Å²) in [5.41, 5.74) is 0.820. The average molecular weight is 460 g/mol. The Morgan fingerprint density at radius 1 is 1.03 bits per heavy atom. The molecule has 162 valence electrons. The Morgan fingerprint density at radius 2 is 1.73 bits per heavy atom. The minimum absolute atomic E-state index is 0.0730. The number of nitrogens with zero attached hydrogens (tertiary/aromatic N) is 2. The molecule has 0 radical (unpaired) electrons. The fourth-order valence-electron chi connectivity index (χ4n) is 2.93. The number of Topliss-reactive ketones (excluding diaryl/α,β-unsaturated/α-hetero) is 1.